The molecule has 0 aliphatic carbocycles. The molecule has 0 spiro atoms. The fourth-order valence-electron chi connectivity index (χ4n) is 4.92. The fourth-order valence-corrected chi connectivity index (χ4v) is 4.92. The second-order valence-electron chi connectivity index (χ2n) is 10.2. The minimum atomic E-state index is -4.54. The van der Waals surface area contributed by atoms with Gasteiger partial charge in [0.25, 0.3) is 29.2 Å². The molecule has 260 valence electrons. The molecule has 0 aromatic heterocycles. The molecule has 3 fully saturated rings. The third-order valence-electron chi connectivity index (χ3n) is 7.56. The number of benzene rings is 1. The van der Waals surface area contributed by atoms with Crippen molar-refractivity contribution in [1.82, 2.24) is 20.4 Å². The predicted molar refractivity (Wildman–Crippen MR) is 151 cm³/mol. The second kappa shape index (κ2) is 13.2. The van der Waals surface area contributed by atoms with Crippen LogP contribution >= 0.6 is 0 Å². The van der Waals surface area contributed by atoms with Crippen LogP contribution in [0.5, 0.6) is 17.2 Å². The van der Waals surface area contributed by atoms with Crippen LogP contribution in [0.3, 0.4) is 0 Å². The zero-order chi connectivity index (χ0) is 35.8. The predicted octanol–water partition coefficient (Wildman–Crippen LogP) is -2.91. The van der Waals surface area contributed by atoms with Crippen LogP contribution in [0.25, 0.3) is 0 Å². The number of rotatable bonds is 7. The highest BCUT2D eigenvalue weighted by molar-refractivity contribution is 6.11. The van der Waals surface area contributed by atoms with Crippen LogP contribution in [0.4, 0.5) is 4.39 Å². The quantitative estimate of drug-likeness (QED) is 0.0453. The van der Waals surface area contributed by atoms with Gasteiger partial charge in [-0.2, -0.15) is 0 Å². The van der Waals surface area contributed by atoms with E-state index in [-0.39, 0.29) is 11.4 Å². The van der Waals surface area contributed by atoms with Gasteiger partial charge in [-0.05, 0) is 0 Å². The molecular formula is C27H35FN4O15. The van der Waals surface area contributed by atoms with E-state index in [0.29, 0.717) is 26.3 Å². The molecule has 3 amide bonds. The summed E-state index contributed by atoms with van der Waals surface area (Å²) in [7, 11) is 0. The molecule has 20 heteroatoms. The van der Waals surface area contributed by atoms with Gasteiger partial charge >= 0.3 is 5.79 Å². The standard InChI is InChI=1S/C25H29FN4O15.C2H6/c1-9(31)15(32)13-11(8-30(20(13)37)23(40)21(38)28-22(39)24(41,42)25(23,43)44)19(36)27-6-10-14(26)12(17(34)18(35)16(10)33)7-29-2-4-45-5-3-29;1-2/h27,31-36,40-44H,1-8H2,(H,28,38,39);1-2H3/b15-13-,19-11-;. The SMILES string of the molecule is C=C(O)/C(O)=C1/C(=O)N(C2(O)C(=O)NC(=O)C(O)(O)C2(O)O)C/C1=C(/O)NCc1c(O)c(O)c(O)c(CN2CCOCC2)c1F.CC. The lowest BCUT2D eigenvalue weighted by Gasteiger charge is -2.49. The highest BCUT2D eigenvalue weighted by atomic mass is 19.1. The van der Waals surface area contributed by atoms with Gasteiger partial charge in [-0.3, -0.25) is 29.5 Å². The molecule has 47 heavy (non-hydrogen) atoms. The lowest BCUT2D eigenvalue weighted by Crippen LogP contribution is -2.85. The Morgan fingerprint density at radius 3 is 2.04 bits per heavy atom. The Morgan fingerprint density at radius 1 is 0.936 bits per heavy atom. The Bertz CT molecular complexity index is 1550. The molecule has 3 heterocycles. The monoisotopic (exact) mass is 674 g/mol. The molecule has 1 aromatic carbocycles. The Hall–Kier alpha value is -4.70. The normalized spacial score (nSPS) is 24.7. The van der Waals surface area contributed by atoms with E-state index in [9.17, 15) is 70.6 Å². The number of aromatic hydroxyl groups is 3. The van der Waals surface area contributed by atoms with Crippen molar-refractivity contribution in [3.05, 3.63) is 52.1 Å². The zero-order valence-corrected chi connectivity index (χ0v) is 25.0. The number of aliphatic hydroxyl groups is 8. The zero-order valence-electron chi connectivity index (χ0n) is 25.0. The van der Waals surface area contributed by atoms with E-state index in [0.717, 1.165) is 0 Å². The summed E-state index contributed by atoms with van der Waals surface area (Å²) >= 11 is 0. The average Bonchev–Trinajstić information content (AvgIpc) is 3.38. The van der Waals surface area contributed by atoms with Crippen LogP contribution in [0.15, 0.2) is 35.1 Å². The summed E-state index contributed by atoms with van der Waals surface area (Å²) in [5.41, 5.74) is -7.30. The van der Waals surface area contributed by atoms with Crippen molar-refractivity contribution in [3.8, 4) is 17.2 Å². The van der Waals surface area contributed by atoms with Gasteiger partial charge in [0, 0.05) is 37.3 Å². The summed E-state index contributed by atoms with van der Waals surface area (Å²) in [5.74, 6) is -23.1. The number of phenolic OH excluding ortho intramolecular Hbond substituents is 3. The number of nitrogens with zero attached hydrogens (tertiary/aromatic N) is 2. The van der Waals surface area contributed by atoms with E-state index in [2.05, 4.69) is 11.9 Å². The van der Waals surface area contributed by atoms with Crippen LogP contribution in [0.1, 0.15) is 25.0 Å². The number of hydrogen-bond acceptors (Lipinski definition) is 17. The lowest BCUT2D eigenvalue weighted by atomic mass is 9.87. The number of carbonyl (C=O) groups excluding carboxylic acids is 3. The summed E-state index contributed by atoms with van der Waals surface area (Å²) in [4.78, 5) is 39.1. The first-order valence-corrected chi connectivity index (χ1v) is 13.8. The number of amides is 3. The maximum absolute atomic E-state index is 15.5. The van der Waals surface area contributed by atoms with Gasteiger partial charge in [-0.1, -0.05) is 20.4 Å². The highest BCUT2D eigenvalue weighted by Crippen LogP contribution is 2.44. The summed E-state index contributed by atoms with van der Waals surface area (Å²) in [6.07, 6.45) is 0. The third-order valence-corrected chi connectivity index (χ3v) is 7.56. The van der Waals surface area contributed by atoms with Crippen molar-refractivity contribution in [2.45, 2.75) is 44.2 Å². The maximum Gasteiger partial charge on any atom is 0.306 e. The molecule has 4 rings (SSSR count). The molecule has 19 nitrogen and oxygen atoms in total. The van der Waals surface area contributed by atoms with Crippen molar-refractivity contribution in [3.63, 3.8) is 0 Å². The molecule has 13 N–H and O–H groups in total. The summed E-state index contributed by atoms with van der Waals surface area (Å²) in [5, 5.41) is 117. The van der Waals surface area contributed by atoms with E-state index in [1.807, 2.05) is 13.8 Å². The number of imide groups is 1. The van der Waals surface area contributed by atoms with Gasteiger partial charge < -0.3 is 66.2 Å². The van der Waals surface area contributed by atoms with Crippen LogP contribution in [-0.2, 0) is 32.2 Å². The van der Waals surface area contributed by atoms with E-state index in [1.165, 1.54) is 5.32 Å². The molecule has 1 aromatic rings. The fraction of sp³-hybridized carbons (Fsp3) is 0.444. The van der Waals surface area contributed by atoms with E-state index < -0.39 is 111 Å². The van der Waals surface area contributed by atoms with Gasteiger partial charge in [-0.15, -0.1) is 0 Å². The molecule has 3 saturated heterocycles. The minimum absolute atomic E-state index is 0.220. The van der Waals surface area contributed by atoms with Crippen molar-refractivity contribution >= 4 is 17.7 Å². The highest BCUT2D eigenvalue weighted by Gasteiger charge is 2.76. The van der Waals surface area contributed by atoms with Crippen molar-refractivity contribution < 1.29 is 79.7 Å². The molecule has 3 aliphatic heterocycles. The number of aliphatic hydroxyl groups excluding tert-OH is 3. The number of ether oxygens (including phenoxy) is 1. The number of morpholine rings is 1. The van der Waals surface area contributed by atoms with Crippen molar-refractivity contribution in [1.29, 1.82) is 0 Å². The Labute approximate surface area is 264 Å². The summed E-state index contributed by atoms with van der Waals surface area (Å²) in [6, 6.07) is 0. The van der Waals surface area contributed by atoms with E-state index in [4.69, 9.17) is 4.74 Å². The first kappa shape index (κ1) is 36.8. The van der Waals surface area contributed by atoms with Gasteiger partial charge in [0.1, 0.15) is 5.82 Å². The number of nitrogens with one attached hydrogen (secondary N) is 2. The second-order valence-corrected chi connectivity index (χ2v) is 10.2. The van der Waals surface area contributed by atoms with Gasteiger partial charge in [-0.25, -0.2) is 4.39 Å². The van der Waals surface area contributed by atoms with Crippen molar-refractivity contribution in [2.24, 2.45) is 0 Å². The summed E-state index contributed by atoms with van der Waals surface area (Å²) in [6.45, 7) is 5.83. The average molecular weight is 675 g/mol. The number of piperidine rings is 1. The Balaban J connectivity index is 0.00000294. The number of likely N-dealkylation sites (tertiary alicyclic amines) is 1. The third kappa shape index (κ3) is 5.86. The largest absolute Gasteiger partial charge is 0.505 e. The van der Waals surface area contributed by atoms with Gasteiger partial charge in [0.05, 0.1) is 30.9 Å². The number of phenols is 3. The van der Waals surface area contributed by atoms with E-state index in [1.54, 1.807) is 4.90 Å². The number of halogens is 1. The molecule has 0 bridgehead atoms. The molecule has 1 atom stereocenters. The molecule has 0 saturated carbocycles. The topological polar surface area (TPSA) is 314 Å². The van der Waals surface area contributed by atoms with Crippen LogP contribution in [-0.4, -0.2) is 134 Å². The smallest absolute Gasteiger partial charge is 0.306 e. The van der Waals surface area contributed by atoms with Gasteiger partial charge in [0.15, 0.2) is 28.9 Å². The van der Waals surface area contributed by atoms with Crippen LogP contribution in [0.2, 0.25) is 0 Å². The molecule has 3 aliphatic rings. The Kier molecular flexibility index (Phi) is 10.3. The minimum Gasteiger partial charge on any atom is -0.505 e. The maximum atomic E-state index is 15.5. The molecule has 0 radical (unpaired) electrons. The first-order valence-electron chi connectivity index (χ1n) is 13.8. The van der Waals surface area contributed by atoms with Crippen LogP contribution in [0, 0.1) is 5.82 Å². The Morgan fingerprint density at radius 2 is 1.49 bits per heavy atom. The lowest BCUT2D eigenvalue weighted by molar-refractivity contribution is -0.407. The van der Waals surface area contributed by atoms with Crippen LogP contribution < -0.4 is 10.6 Å². The van der Waals surface area contributed by atoms with Gasteiger partial charge in [0.2, 0.25) is 5.75 Å². The molecular weight excluding hydrogens is 639 g/mol. The van der Waals surface area contributed by atoms with E-state index >= 15 is 4.39 Å². The molecule has 1 unspecified atom stereocenters. The first-order chi connectivity index (χ1) is 21.8. The summed E-state index contributed by atoms with van der Waals surface area (Å²) < 4.78 is 20.7. The van der Waals surface area contributed by atoms with Crippen molar-refractivity contribution in [2.75, 3.05) is 32.8 Å². The number of carbonyl (C=O) groups is 3. The number of hydrogen-bond donors (Lipinski definition) is 13.